The third kappa shape index (κ3) is 9.82. The summed E-state index contributed by atoms with van der Waals surface area (Å²) in [6.45, 7) is 9.69. The number of aliphatic hydroxyl groups is 1. The lowest BCUT2D eigenvalue weighted by molar-refractivity contribution is 0.125. The molecule has 0 bridgehead atoms. The summed E-state index contributed by atoms with van der Waals surface area (Å²) in [4.78, 5) is 1.12. The molecular weight excluding hydrogens is 342 g/mol. The summed E-state index contributed by atoms with van der Waals surface area (Å²) in [6, 6.07) is 17.8. The second-order valence-electron chi connectivity index (χ2n) is 6.98. The summed E-state index contributed by atoms with van der Waals surface area (Å²) in [5.74, 6) is 0.529. The van der Waals surface area contributed by atoms with Crippen LogP contribution in [-0.2, 0) is 0 Å². The molecule has 2 aromatic rings. The van der Waals surface area contributed by atoms with Crippen LogP contribution >= 0.6 is 11.9 Å². The molecular formula is C21H33N3OS. The third-order valence-electron chi connectivity index (χ3n) is 3.62. The highest BCUT2D eigenvalue weighted by Crippen LogP contribution is 2.25. The van der Waals surface area contributed by atoms with Crippen LogP contribution < -0.4 is 11.5 Å². The molecule has 26 heavy (non-hydrogen) atoms. The van der Waals surface area contributed by atoms with Gasteiger partial charge in [0.15, 0.2) is 0 Å². The second kappa shape index (κ2) is 12.0. The summed E-state index contributed by atoms with van der Waals surface area (Å²) < 4.78 is 2.16. The maximum absolute atomic E-state index is 9.93. The molecule has 5 N–H and O–H groups in total. The fourth-order valence-corrected chi connectivity index (χ4v) is 3.30. The van der Waals surface area contributed by atoms with Crippen molar-refractivity contribution in [2.75, 3.05) is 18.8 Å². The van der Waals surface area contributed by atoms with Crippen LogP contribution in [0.25, 0.3) is 0 Å². The van der Waals surface area contributed by atoms with Crippen molar-refractivity contribution in [2.45, 2.75) is 44.7 Å². The average Bonchev–Trinajstić information content (AvgIpc) is 2.57. The Balaban J connectivity index is 0.000000401. The minimum absolute atomic E-state index is 0.221. The number of aryl methyl sites for hydroxylation is 1. The van der Waals surface area contributed by atoms with E-state index in [-0.39, 0.29) is 6.04 Å². The minimum atomic E-state index is -0.514. The number of aliphatic hydroxyl groups excluding tert-OH is 1. The number of anilines is 1. The van der Waals surface area contributed by atoms with Crippen molar-refractivity contribution in [3.63, 3.8) is 0 Å². The van der Waals surface area contributed by atoms with E-state index in [9.17, 15) is 5.11 Å². The minimum Gasteiger partial charge on any atom is -0.399 e. The molecule has 0 heterocycles. The standard InChI is InChI=1S/C14H25N3OS.C7H8/c1-10(2)8-17(9-14(18)11(3)15)19-13-6-4-12(16)5-7-13;1-7-5-3-2-4-6-7/h4-7,10-11,14,18H,8-9,15-16H2,1-3H3;2-6H,1H3. The van der Waals surface area contributed by atoms with Gasteiger partial charge >= 0.3 is 0 Å². The number of hydrogen-bond donors (Lipinski definition) is 3. The van der Waals surface area contributed by atoms with Crippen LogP contribution in [0.2, 0.25) is 0 Å². The van der Waals surface area contributed by atoms with Crippen molar-refractivity contribution in [3.05, 3.63) is 60.2 Å². The zero-order chi connectivity index (χ0) is 19.5. The summed E-state index contributed by atoms with van der Waals surface area (Å²) in [5.41, 5.74) is 13.5. The highest BCUT2D eigenvalue weighted by atomic mass is 32.2. The SMILES string of the molecule is CC(C)CN(CC(O)C(C)N)Sc1ccc(N)cc1.Cc1ccccc1. The largest absolute Gasteiger partial charge is 0.399 e. The van der Waals surface area contributed by atoms with Gasteiger partial charge < -0.3 is 16.6 Å². The Morgan fingerprint density at radius 2 is 1.54 bits per heavy atom. The van der Waals surface area contributed by atoms with E-state index >= 15 is 0 Å². The quantitative estimate of drug-likeness (QED) is 0.505. The van der Waals surface area contributed by atoms with Gasteiger partial charge in [-0.3, -0.25) is 0 Å². The predicted molar refractivity (Wildman–Crippen MR) is 114 cm³/mol. The van der Waals surface area contributed by atoms with E-state index < -0.39 is 6.10 Å². The molecule has 5 heteroatoms. The van der Waals surface area contributed by atoms with Crippen molar-refractivity contribution in [1.82, 2.24) is 4.31 Å². The lowest BCUT2D eigenvalue weighted by atomic mass is 10.2. The number of nitrogens with two attached hydrogens (primary N) is 2. The summed E-state index contributed by atoms with van der Waals surface area (Å²) in [7, 11) is 0. The van der Waals surface area contributed by atoms with Crippen LogP contribution in [0, 0.1) is 12.8 Å². The lowest BCUT2D eigenvalue weighted by Crippen LogP contribution is -2.40. The second-order valence-corrected chi connectivity index (χ2v) is 8.15. The van der Waals surface area contributed by atoms with E-state index in [2.05, 4.69) is 37.2 Å². The van der Waals surface area contributed by atoms with Crippen molar-refractivity contribution in [1.29, 1.82) is 0 Å². The molecule has 2 rings (SSSR count). The van der Waals surface area contributed by atoms with Crippen LogP contribution in [0.5, 0.6) is 0 Å². The molecule has 0 radical (unpaired) electrons. The molecule has 0 fully saturated rings. The average molecular weight is 376 g/mol. The smallest absolute Gasteiger partial charge is 0.0824 e. The molecule has 2 atom stereocenters. The van der Waals surface area contributed by atoms with Crippen molar-refractivity contribution in [2.24, 2.45) is 11.7 Å². The monoisotopic (exact) mass is 375 g/mol. The Labute approximate surface area is 162 Å². The number of rotatable bonds is 7. The van der Waals surface area contributed by atoms with E-state index in [0.717, 1.165) is 17.1 Å². The number of nitrogens with zero attached hydrogens (tertiary/aromatic N) is 1. The number of nitrogen functional groups attached to an aromatic ring is 1. The molecule has 0 aliphatic carbocycles. The van der Waals surface area contributed by atoms with Gasteiger partial charge in [0.1, 0.15) is 0 Å². The van der Waals surface area contributed by atoms with Gasteiger partial charge in [-0.1, -0.05) is 49.7 Å². The Kier molecular flexibility index (Phi) is 10.4. The van der Waals surface area contributed by atoms with Crippen LogP contribution in [0.3, 0.4) is 0 Å². The molecule has 0 aliphatic rings. The van der Waals surface area contributed by atoms with Crippen molar-refractivity contribution < 1.29 is 5.11 Å². The topological polar surface area (TPSA) is 75.5 Å². The first-order chi connectivity index (χ1) is 12.3. The Morgan fingerprint density at radius 1 is 0.962 bits per heavy atom. The van der Waals surface area contributed by atoms with Crippen molar-refractivity contribution >= 4 is 17.6 Å². The van der Waals surface area contributed by atoms with E-state index in [1.54, 1.807) is 11.9 Å². The summed E-state index contributed by atoms with van der Waals surface area (Å²) >= 11 is 1.63. The fourth-order valence-electron chi connectivity index (χ4n) is 2.14. The molecule has 0 aromatic heterocycles. The number of benzene rings is 2. The third-order valence-corrected chi connectivity index (χ3v) is 4.66. The van der Waals surface area contributed by atoms with Gasteiger partial charge in [-0.15, -0.1) is 0 Å². The molecule has 0 spiro atoms. The lowest BCUT2D eigenvalue weighted by Gasteiger charge is -2.27. The van der Waals surface area contributed by atoms with Crippen molar-refractivity contribution in [3.8, 4) is 0 Å². The van der Waals surface area contributed by atoms with Crippen LogP contribution in [0.15, 0.2) is 59.5 Å². The Bertz CT molecular complexity index is 602. The predicted octanol–water partition coefficient (Wildman–Crippen LogP) is 3.94. The van der Waals surface area contributed by atoms with Gasteiger partial charge in [0.25, 0.3) is 0 Å². The number of hydrogen-bond acceptors (Lipinski definition) is 5. The normalized spacial score (nSPS) is 13.2. The molecule has 0 saturated heterocycles. The summed E-state index contributed by atoms with van der Waals surface area (Å²) in [6.07, 6.45) is -0.514. The van der Waals surface area contributed by atoms with Gasteiger partial charge in [-0.2, -0.15) is 0 Å². The molecule has 2 aromatic carbocycles. The first kappa shape index (κ1) is 22.5. The first-order valence-corrected chi connectivity index (χ1v) is 9.79. The molecule has 144 valence electrons. The molecule has 2 unspecified atom stereocenters. The van der Waals surface area contributed by atoms with E-state index in [0.29, 0.717) is 12.5 Å². The van der Waals surface area contributed by atoms with E-state index in [4.69, 9.17) is 11.5 Å². The van der Waals surface area contributed by atoms with Gasteiger partial charge in [0.2, 0.25) is 0 Å². The highest BCUT2D eigenvalue weighted by molar-refractivity contribution is 7.97. The highest BCUT2D eigenvalue weighted by Gasteiger charge is 2.17. The van der Waals surface area contributed by atoms with Gasteiger partial charge in [0, 0.05) is 29.7 Å². The van der Waals surface area contributed by atoms with E-state index in [1.165, 1.54) is 5.56 Å². The Hall–Kier alpha value is -1.53. The first-order valence-electron chi connectivity index (χ1n) is 9.01. The zero-order valence-electron chi connectivity index (χ0n) is 16.3. The van der Waals surface area contributed by atoms with Crippen LogP contribution in [-0.4, -0.2) is 34.6 Å². The van der Waals surface area contributed by atoms with E-state index in [1.807, 2.05) is 49.4 Å². The van der Waals surface area contributed by atoms with Gasteiger partial charge in [-0.25, -0.2) is 4.31 Å². The van der Waals surface area contributed by atoms with Gasteiger partial charge in [-0.05, 0) is 56.0 Å². The van der Waals surface area contributed by atoms with Crippen LogP contribution in [0.4, 0.5) is 5.69 Å². The maximum Gasteiger partial charge on any atom is 0.0824 e. The zero-order valence-corrected chi connectivity index (χ0v) is 17.1. The maximum atomic E-state index is 9.93. The Morgan fingerprint density at radius 3 is 1.96 bits per heavy atom. The summed E-state index contributed by atoms with van der Waals surface area (Å²) in [5, 5.41) is 9.93. The fraction of sp³-hybridized carbons (Fsp3) is 0.429. The molecule has 0 aliphatic heterocycles. The van der Waals surface area contributed by atoms with Gasteiger partial charge in [0.05, 0.1) is 6.10 Å². The molecule has 0 amide bonds. The molecule has 4 nitrogen and oxygen atoms in total. The molecule has 0 saturated carbocycles. The van der Waals surface area contributed by atoms with Crippen LogP contribution in [0.1, 0.15) is 26.3 Å².